The Hall–Kier alpha value is -0.900. The second-order valence-electron chi connectivity index (χ2n) is 4.94. The van der Waals surface area contributed by atoms with E-state index in [1.54, 1.807) is 7.11 Å². The third-order valence-corrected chi connectivity index (χ3v) is 3.66. The zero-order valence-electron chi connectivity index (χ0n) is 11.3. The molecule has 0 radical (unpaired) electrons. The fraction of sp³-hybridized carbons (Fsp3) is 0.600. The van der Waals surface area contributed by atoms with E-state index < -0.39 is 0 Å². The molecule has 3 nitrogen and oxygen atoms in total. The number of methoxy groups -OCH3 is 2. The van der Waals surface area contributed by atoms with Crippen LogP contribution in [0, 0.1) is 0 Å². The molecule has 0 aromatic heterocycles. The molecule has 0 bridgehead atoms. The van der Waals surface area contributed by atoms with E-state index >= 15 is 0 Å². The molecule has 3 heteroatoms. The van der Waals surface area contributed by atoms with Crippen molar-refractivity contribution in [2.45, 2.75) is 44.6 Å². The second kappa shape index (κ2) is 6.88. The SMILES string of the molecule is COCc1ccc(CNC2CCCC2OC)cc1. The van der Waals surface area contributed by atoms with E-state index in [0.29, 0.717) is 18.8 Å². The van der Waals surface area contributed by atoms with E-state index in [-0.39, 0.29) is 0 Å². The lowest BCUT2D eigenvalue weighted by molar-refractivity contribution is 0.0847. The molecule has 2 rings (SSSR count). The molecule has 1 aliphatic rings. The van der Waals surface area contributed by atoms with Crippen LogP contribution in [0.3, 0.4) is 0 Å². The lowest BCUT2D eigenvalue weighted by Crippen LogP contribution is -2.36. The van der Waals surface area contributed by atoms with Gasteiger partial charge in [0.05, 0.1) is 12.7 Å². The Balaban J connectivity index is 1.82. The van der Waals surface area contributed by atoms with Gasteiger partial charge in [0.15, 0.2) is 0 Å². The highest BCUT2D eigenvalue weighted by Crippen LogP contribution is 2.21. The Bertz CT molecular complexity index is 350. The zero-order chi connectivity index (χ0) is 12.8. The molecule has 0 spiro atoms. The molecule has 1 aromatic carbocycles. The summed E-state index contributed by atoms with van der Waals surface area (Å²) in [6, 6.07) is 9.09. The van der Waals surface area contributed by atoms with E-state index in [0.717, 1.165) is 6.54 Å². The first kappa shape index (κ1) is 13.5. The van der Waals surface area contributed by atoms with Gasteiger partial charge in [0.1, 0.15) is 0 Å². The van der Waals surface area contributed by atoms with Crippen LogP contribution < -0.4 is 5.32 Å². The van der Waals surface area contributed by atoms with Crippen molar-refractivity contribution in [2.24, 2.45) is 0 Å². The largest absolute Gasteiger partial charge is 0.380 e. The summed E-state index contributed by atoms with van der Waals surface area (Å²) >= 11 is 0. The first-order valence-corrected chi connectivity index (χ1v) is 6.66. The summed E-state index contributed by atoms with van der Waals surface area (Å²) in [5.74, 6) is 0. The third-order valence-electron chi connectivity index (χ3n) is 3.66. The average molecular weight is 249 g/mol. The van der Waals surface area contributed by atoms with Crippen molar-refractivity contribution >= 4 is 0 Å². The van der Waals surface area contributed by atoms with Gasteiger partial charge in [-0.05, 0) is 30.4 Å². The molecule has 18 heavy (non-hydrogen) atoms. The van der Waals surface area contributed by atoms with Crippen molar-refractivity contribution in [2.75, 3.05) is 14.2 Å². The van der Waals surface area contributed by atoms with Crippen LogP contribution in [-0.2, 0) is 22.6 Å². The standard InChI is InChI=1S/C15H23NO2/c1-17-11-13-8-6-12(7-9-13)10-16-14-4-3-5-15(14)18-2/h6-9,14-16H,3-5,10-11H2,1-2H3. The first-order valence-electron chi connectivity index (χ1n) is 6.66. The van der Waals surface area contributed by atoms with Crippen LogP contribution in [0.5, 0.6) is 0 Å². The van der Waals surface area contributed by atoms with E-state index in [1.165, 1.54) is 30.4 Å². The van der Waals surface area contributed by atoms with Gasteiger partial charge in [0.25, 0.3) is 0 Å². The highest BCUT2D eigenvalue weighted by atomic mass is 16.5. The summed E-state index contributed by atoms with van der Waals surface area (Å²) in [6.45, 7) is 1.60. The molecular weight excluding hydrogens is 226 g/mol. The van der Waals surface area contributed by atoms with Crippen molar-refractivity contribution < 1.29 is 9.47 Å². The maximum absolute atomic E-state index is 5.48. The molecule has 2 unspecified atom stereocenters. The Kier molecular flexibility index (Phi) is 5.17. The molecule has 0 amide bonds. The van der Waals surface area contributed by atoms with Crippen LogP contribution in [0.1, 0.15) is 30.4 Å². The van der Waals surface area contributed by atoms with E-state index in [2.05, 4.69) is 29.6 Å². The Morgan fingerprint density at radius 2 is 1.83 bits per heavy atom. The smallest absolute Gasteiger partial charge is 0.0724 e. The summed E-state index contributed by atoms with van der Waals surface area (Å²) in [5, 5.41) is 3.59. The number of hydrogen-bond acceptors (Lipinski definition) is 3. The maximum atomic E-state index is 5.48. The predicted molar refractivity (Wildman–Crippen MR) is 72.4 cm³/mol. The van der Waals surface area contributed by atoms with E-state index in [4.69, 9.17) is 9.47 Å². The van der Waals surface area contributed by atoms with E-state index in [1.807, 2.05) is 7.11 Å². The molecule has 1 aromatic rings. The number of benzene rings is 1. The molecule has 2 atom stereocenters. The van der Waals surface area contributed by atoms with Crippen LogP contribution in [-0.4, -0.2) is 26.4 Å². The minimum Gasteiger partial charge on any atom is -0.380 e. The molecule has 0 saturated heterocycles. The lowest BCUT2D eigenvalue weighted by atomic mass is 10.1. The fourth-order valence-electron chi connectivity index (χ4n) is 2.61. The summed E-state index contributed by atoms with van der Waals surface area (Å²) in [7, 11) is 3.53. The first-order chi connectivity index (χ1) is 8.83. The summed E-state index contributed by atoms with van der Waals surface area (Å²) < 4.78 is 10.6. The van der Waals surface area contributed by atoms with Gasteiger partial charge in [0, 0.05) is 26.8 Å². The van der Waals surface area contributed by atoms with E-state index in [9.17, 15) is 0 Å². The normalized spacial score (nSPS) is 23.4. The molecule has 1 N–H and O–H groups in total. The minimum atomic E-state index is 0.387. The quantitative estimate of drug-likeness (QED) is 0.840. The molecule has 100 valence electrons. The molecular formula is C15H23NO2. The Labute approximate surface area is 109 Å². The van der Waals surface area contributed by atoms with Crippen LogP contribution >= 0.6 is 0 Å². The lowest BCUT2D eigenvalue weighted by Gasteiger charge is -2.19. The number of nitrogens with one attached hydrogen (secondary N) is 1. The van der Waals surface area contributed by atoms with Gasteiger partial charge in [0.2, 0.25) is 0 Å². The highest BCUT2D eigenvalue weighted by Gasteiger charge is 2.26. The van der Waals surface area contributed by atoms with Gasteiger partial charge in [-0.1, -0.05) is 24.3 Å². The van der Waals surface area contributed by atoms with Crippen molar-refractivity contribution in [3.8, 4) is 0 Å². The van der Waals surface area contributed by atoms with Crippen molar-refractivity contribution in [3.05, 3.63) is 35.4 Å². The molecule has 0 heterocycles. The number of ether oxygens (including phenoxy) is 2. The Morgan fingerprint density at radius 1 is 1.11 bits per heavy atom. The van der Waals surface area contributed by atoms with Crippen molar-refractivity contribution in [1.29, 1.82) is 0 Å². The van der Waals surface area contributed by atoms with Crippen molar-refractivity contribution in [1.82, 2.24) is 5.32 Å². The average Bonchev–Trinajstić information content (AvgIpc) is 2.86. The van der Waals surface area contributed by atoms with Gasteiger partial charge in [-0.15, -0.1) is 0 Å². The van der Waals surface area contributed by atoms with Crippen LogP contribution in [0.15, 0.2) is 24.3 Å². The van der Waals surface area contributed by atoms with Gasteiger partial charge in [-0.25, -0.2) is 0 Å². The predicted octanol–water partition coefficient (Wildman–Crippen LogP) is 2.49. The molecule has 1 saturated carbocycles. The van der Waals surface area contributed by atoms with Crippen LogP contribution in [0.25, 0.3) is 0 Å². The van der Waals surface area contributed by atoms with Crippen LogP contribution in [0.2, 0.25) is 0 Å². The number of hydrogen-bond donors (Lipinski definition) is 1. The number of rotatable bonds is 6. The second-order valence-corrected chi connectivity index (χ2v) is 4.94. The minimum absolute atomic E-state index is 0.387. The van der Waals surface area contributed by atoms with Crippen molar-refractivity contribution in [3.63, 3.8) is 0 Å². The zero-order valence-corrected chi connectivity index (χ0v) is 11.3. The molecule has 0 aliphatic heterocycles. The summed E-state index contributed by atoms with van der Waals surface area (Å²) in [4.78, 5) is 0. The summed E-state index contributed by atoms with van der Waals surface area (Å²) in [5.41, 5.74) is 2.54. The highest BCUT2D eigenvalue weighted by molar-refractivity contribution is 5.22. The fourth-order valence-corrected chi connectivity index (χ4v) is 2.61. The maximum Gasteiger partial charge on any atom is 0.0724 e. The molecule has 1 fully saturated rings. The van der Waals surface area contributed by atoms with Gasteiger partial charge in [-0.3, -0.25) is 0 Å². The summed E-state index contributed by atoms with van der Waals surface area (Å²) in [6.07, 6.45) is 4.06. The molecule has 1 aliphatic carbocycles. The van der Waals surface area contributed by atoms with Gasteiger partial charge < -0.3 is 14.8 Å². The Morgan fingerprint density at radius 3 is 2.50 bits per heavy atom. The van der Waals surface area contributed by atoms with Gasteiger partial charge >= 0.3 is 0 Å². The van der Waals surface area contributed by atoms with Gasteiger partial charge in [-0.2, -0.15) is 0 Å². The topological polar surface area (TPSA) is 30.5 Å². The third kappa shape index (κ3) is 3.55. The van der Waals surface area contributed by atoms with Crippen LogP contribution in [0.4, 0.5) is 0 Å². The monoisotopic (exact) mass is 249 g/mol.